The first-order valence-electron chi connectivity index (χ1n) is 5.91. The molecule has 1 N–H and O–H groups in total. The molecule has 0 saturated heterocycles. The van der Waals surface area contributed by atoms with Crippen LogP contribution in [0.4, 0.5) is 13.2 Å². The Hall–Kier alpha value is -1.05. The molecule has 1 aliphatic carbocycles. The zero-order chi connectivity index (χ0) is 14.0. The molecule has 19 heavy (non-hydrogen) atoms. The zero-order valence-corrected chi connectivity index (χ0v) is 11.6. The van der Waals surface area contributed by atoms with Crippen molar-refractivity contribution in [2.75, 3.05) is 13.1 Å². The Kier molecular flexibility index (Phi) is 4.17. The van der Waals surface area contributed by atoms with Gasteiger partial charge in [-0.25, -0.2) is 0 Å². The number of nitrogens with zero attached hydrogens (tertiary/aromatic N) is 2. The summed E-state index contributed by atoms with van der Waals surface area (Å²) in [5.74, 6) is -0.499. The lowest BCUT2D eigenvalue weighted by Gasteiger charge is -2.32. The third-order valence-electron chi connectivity index (χ3n) is 3.17. The quantitative estimate of drug-likeness (QED) is 0.916. The third-order valence-corrected chi connectivity index (χ3v) is 3.77. The summed E-state index contributed by atoms with van der Waals surface area (Å²) in [6, 6.07) is 0. The van der Waals surface area contributed by atoms with Gasteiger partial charge in [-0.2, -0.15) is 18.3 Å². The smallest absolute Gasteiger partial charge is 0.328 e. The van der Waals surface area contributed by atoms with Crippen LogP contribution in [-0.2, 0) is 0 Å². The molecule has 0 spiro atoms. The number of alkyl halides is 3. The first-order valence-corrected chi connectivity index (χ1v) is 6.71. The predicted octanol–water partition coefficient (Wildman–Crippen LogP) is 2.98. The lowest BCUT2D eigenvalue weighted by atomic mass is 9.85. The van der Waals surface area contributed by atoms with E-state index >= 15 is 0 Å². The fraction of sp³-hybridized carbons (Fsp3) is 0.636. The fourth-order valence-electron chi connectivity index (χ4n) is 2.00. The number of nitrogens with one attached hydrogen (secondary N) is 1. The van der Waals surface area contributed by atoms with Gasteiger partial charge in [0, 0.05) is 6.54 Å². The van der Waals surface area contributed by atoms with Crippen LogP contribution in [0.5, 0.6) is 0 Å². The van der Waals surface area contributed by atoms with Crippen molar-refractivity contribution in [1.82, 2.24) is 15.1 Å². The minimum Gasteiger partial charge on any atom is -0.328 e. The molecule has 8 heteroatoms. The van der Waals surface area contributed by atoms with E-state index in [-0.39, 0.29) is 18.2 Å². The minimum absolute atomic E-state index is 0.0589. The summed E-state index contributed by atoms with van der Waals surface area (Å²) >= 11 is 3.09. The monoisotopic (exact) mass is 339 g/mol. The zero-order valence-electron chi connectivity index (χ0n) is 10.0. The molecule has 0 aromatic carbocycles. The Morgan fingerprint density at radius 1 is 1.53 bits per heavy atom. The van der Waals surface area contributed by atoms with E-state index in [4.69, 9.17) is 0 Å². The number of aromatic amines is 1. The van der Waals surface area contributed by atoms with Crippen molar-refractivity contribution in [1.29, 1.82) is 0 Å². The van der Waals surface area contributed by atoms with Gasteiger partial charge < -0.3 is 4.90 Å². The molecule has 0 radical (unpaired) electrons. The molecule has 1 heterocycles. The van der Waals surface area contributed by atoms with Crippen LogP contribution < -0.4 is 0 Å². The second-order valence-corrected chi connectivity index (χ2v) is 5.55. The van der Waals surface area contributed by atoms with Crippen LogP contribution >= 0.6 is 15.9 Å². The molecular formula is C11H13BrF3N3O. The van der Waals surface area contributed by atoms with E-state index in [1.165, 1.54) is 6.20 Å². The normalized spacial score (nSPS) is 16.2. The average Bonchev–Trinajstić information content (AvgIpc) is 2.65. The maximum absolute atomic E-state index is 12.5. The molecule has 106 valence electrons. The number of hydrogen-bond acceptors (Lipinski definition) is 2. The lowest BCUT2D eigenvalue weighted by molar-refractivity contribution is -0.142. The van der Waals surface area contributed by atoms with Crippen LogP contribution in [0.3, 0.4) is 0 Å². The molecule has 4 nitrogen and oxygen atoms in total. The number of halogens is 4. The van der Waals surface area contributed by atoms with Crippen LogP contribution in [0.2, 0.25) is 0 Å². The Morgan fingerprint density at radius 2 is 2.21 bits per heavy atom. The van der Waals surface area contributed by atoms with Crippen molar-refractivity contribution in [3.8, 4) is 0 Å². The van der Waals surface area contributed by atoms with Crippen molar-refractivity contribution in [3.63, 3.8) is 0 Å². The van der Waals surface area contributed by atoms with Gasteiger partial charge in [0.15, 0.2) is 0 Å². The van der Waals surface area contributed by atoms with Gasteiger partial charge in [0.2, 0.25) is 0 Å². The molecule has 2 rings (SSSR count). The van der Waals surface area contributed by atoms with Gasteiger partial charge >= 0.3 is 6.18 Å². The molecule has 1 amide bonds. The predicted molar refractivity (Wildman–Crippen MR) is 65.6 cm³/mol. The summed E-state index contributed by atoms with van der Waals surface area (Å²) in [5.41, 5.74) is 0.0589. The van der Waals surface area contributed by atoms with E-state index in [9.17, 15) is 18.0 Å². The summed E-state index contributed by atoms with van der Waals surface area (Å²) in [6.07, 6.45) is -0.266. The molecule has 0 bridgehead atoms. The van der Waals surface area contributed by atoms with E-state index in [0.717, 1.165) is 24.2 Å². The number of carbonyl (C=O) groups excluding carboxylic acids is 1. The molecule has 1 aromatic heterocycles. The number of rotatable bonds is 4. The van der Waals surface area contributed by atoms with E-state index in [2.05, 4.69) is 26.1 Å². The molecule has 1 fully saturated rings. The number of aromatic nitrogens is 2. The minimum atomic E-state index is -4.40. The Bertz CT molecular complexity index is 456. The highest BCUT2D eigenvalue weighted by Gasteiger charge is 2.36. The number of H-pyrrole nitrogens is 1. The van der Waals surface area contributed by atoms with Gasteiger partial charge in [-0.1, -0.05) is 6.42 Å². The molecule has 1 aromatic rings. The molecule has 0 atom stereocenters. The first kappa shape index (κ1) is 14.4. The van der Waals surface area contributed by atoms with Crippen molar-refractivity contribution < 1.29 is 18.0 Å². The standard InChI is InChI=1S/C11H13BrF3N3O/c12-8-4-16-17-9(8)10(19)18(6-11(13,14)15)5-7-2-1-3-7/h4,7H,1-3,5-6H2,(H,16,17). The van der Waals surface area contributed by atoms with E-state index < -0.39 is 18.6 Å². The second-order valence-electron chi connectivity index (χ2n) is 4.69. The van der Waals surface area contributed by atoms with Crippen LogP contribution in [0.1, 0.15) is 29.8 Å². The maximum atomic E-state index is 12.5. The van der Waals surface area contributed by atoms with Gasteiger partial charge in [-0.15, -0.1) is 0 Å². The highest BCUT2D eigenvalue weighted by molar-refractivity contribution is 9.10. The van der Waals surface area contributed by atoms with E-state index in [1.54, 1.807) is 0 Å². The highest BCUT2D eigenvalue weighted by atomic mass is 79.9. The second kappa shape index (κ2) is 5.52. The van der Waals surface area contributed by atoms with Crippen LogP contribution in [-0.4, -0.2) is 40.3 Å². The molecule has 1 saturated carbocycles. The number of hydrogen-bond donors (Lipinski definition) is 1. The van der Waals surface area contributed by atoms with Gasteiger partial charge in [0.05, 0.1) is 10.7 Å². The van der Waals surface area contributed by atoms with Gasteiger partial charge in [0.1, 0.15) is 12.2 Å². The van der Waals surface area contributed by atoms with Crippen LogP contribution in [0, 0.1) is 5.92 Å². The summed E-state index contributed by atoms with van der Waals surface area (Å²) < 4.78 is 38.0. The summed E-state index contributed by atoms with van der Waals surface area (Å²) in [4.78, 5) is 13.0. The Morgan fingerprint density at radius 3 is 2.63 bits per heavy atom. The van der Waals surface area contributed by atoms with E-state index in [0.29, 0.717) is 4.47 Å². The summed E-state index contributed by atoms with van der Waals surface area (Å²) in [6.45, 7) is -1.09. The van der Waals surface area contributed by atoms with Crippen molar-refractivity contribution in [3.05, 3.63) is 16.4 Å². The molecule has 1 aliphatic rings. The van der Waals surface area contributed by atoms with Gasteiger partial charge in [-0.3, -0.25) is 9.89 Å². The Balaban J connectivity index is 2.11. The molecule has 0 aliphatic heterocycles. The van der Waals surface area contributed by atoms with E-state index in [1.807, 2.05) is 0 Å². The summed E-state index contributed by atoms with van der Waals surface area (Å²) in [7, 11) is 0. The third kappa shape index (κ3) is 3.71. The Labute approximate surface area is 116 Å². The van der Waals surface area contributed by atoms with Gasteiger partial charge in [0.25, 0.3) is 5.91 Å². The van der Waals surface area contributed by atoms with Crippen molar-refractivity contribution in [2.24, 2.45) is 5.92 Å². The SMILES string of the molecule is O=C(c1[nH]ncc1Br)N(CC1CCC1)CC(F)(F)F. The average molecular weight is 340 g/mol. The largest absolute Gasteiger partial charge is 0.406 e. The highest BCUT2D eigenvalue weighted by Crippen LogP contribution is 2.29. The van der Waals surface area contributed by atoms with Gasteiger partial charge in [-0.05, 0) is 34.7 Å². The molecular weight excluding hydrogens is 327 g/mol. The molecule has 0 unspecified atom stereocenters. The van der Waals surface area contributed by atoms with Crippen molar-refractivity contribution in [2.45, 2.75) is 25.4 Å². The lowest BCUT2D eigenvalue weighted by Crippen LogP contribution is -2.43. The fourth-order valence-corrected chi connectivity index (χ4v) is 2.36. The van der Waals surface area contributed by atoms with Crippen LogP contribution in [0.15, 0.2) is 10.7 Å². The topological polar surface area (TPSA) is 49.0 Å². The number of amides is 1. The van der Waals surface area contributed by atoms with Crippen molar-refractivity contribution >= 4 is 21.8 Å². The maximum Gasteiger partial charge on any atom is 0.406 e. The number of carbonyl (C=O) groups is 1. The summed E-state index contributed by atoms with van der Waals surface area (Å²) in [5, 5.41) is 6.06. The van der Waals surface area contributed by atoms with Crippen LogP contribution in [0.25, 0.3) is 0 Å². The first-order chi connectivity index (χ1) is 8.87.